The van der Waals surface area contributed by atoms with Crippen LogP contribution in [0.4, 0.5) is 0 Å². The molecule has 0 spiro atoms. The highest BCUT2D eigenvalue weighted by molar-refractivity contribution is 6.36. The molecule has 0 fully saturated rings. The second-order valence-electron chi connectivity index (χ2n) is 4.22. The first-order valence-electron chi connectivity index (χ1n) is 5.81. The minimum absolute atomic E-state index is 0.0214. The molecule has 0 aliphatic carbocycles. The monoisotopic (exact) mass is 297 g/mol. The minimum atomic E-state index is -0.201. The normalized spacial score (nSPS) is 12.2. The number of aromatic amines is 1. The molecule has 0 saturated carbocycles. The Morgan fingerprint density at radius 2 is 2.05 bits per heavy atom. The van der Waals surface area contributed by atoms with Gasteiger partial charge in [-0.15, -0.1) is 0 Å². The summed E-state index contributed by atoms with van der Waals surface area (Å²) in [4.78, 5) is 11.8. The molecular formula is C13H13Cl2N3O. The molecule has 2 rings (SSSR count). The maximum Gasteiger partial charge on any atom is 0.269 e. The molecule has 6 heteroatoms. The molecule has 2 aromatic rings. The average molecular weight is 298 g/mol. The van der Waals surface area contributed by atoms with Crippen molar-refractivity contribution in [3.05, 3.63) is 51.8 Å². The number of carbonyl (C=O) groups excluding carboxylic acids is 1. The number of rotatable bonds is 4. The number of hydrogen-bond donors (Lipinski definition) is 2. The van der Waals surface area contributed by atoms with E-state index in [0.29, 0.717) is 22.3 Å². The Bertz CT molecular complexity index is 549. The number of carbonyl (C=O) groups is 1. The van der Waals surface area contributed by atoms with Crippen LogP contribution < -0.4 is 5.32 Å². The Morgan fingerprint density at radius 3 is 2.63 bits per heavy atom. The summed E-state index contributed by atoms with van der Waals surface area (Å²) >= 11 is 12.3. The minimum Gasteiger partial charge on any atom is -0.350 e. The number of nitrogens with zero attached hydrogens (tertiary/aromatic N) is 1. The van der Waals surface area contributed by atoms with E-state index in [9.17, 15) is 4.79 Å². The number of halogens is 2. The summed E-state index contributed by atoms with van der Waals surface area (Å²) in [6.07, 6.45) is 1.53. The van der Waals surface area contributed by atoms with Crippen LogP contribution in [0.15, 0.2) is 30.5 Å². The van der Waals surface area contributed by atoms with Crippen molar-refractivity contribution in [2.45, 2.75) is 12.8 Å². The van der Waals surface area contributed by atoms with E-state index in [0.717, 1.165) is 5.56 Å². The second kappa shape index (κ2) is 6.08. The van der Waals surface area contributed by atoms with Crippen LogP contribution in [0.2, 0.25) is 10.0 Å². The first-order chi connectivity index (χ1) is 9.09. The van der Waals surface area contributed by atoms with Crippen LogP contribution in [0.25, 0.3) is 0 Å². The van der Waals surface area contributed by atoms with Crippen molar-refractivity contribution in [3.63, 3.8) is 0 Å². The van der Waals surface area contributed by atoms with E-state index in [4.69, 9.17) is 23.2 Å². The largest absolute Gasteiger partial charge is 0.350 e. The summed E-state index contributed by atoms with van der Waals surface area (Å²) in [5.74, 6) is -0.180. The van der Waals surface area contributed by atoms with E-state index in [-0.39, 0.29) is 11.8 Å². The molecule has 1 amide bonds. The van der Waals surface area contributed by atoms with Gasteiger partial charge in [-0.05, 0) is 23.8 Å². The molecule has 0 bridgehead atoms. The number of hydrogen-bond acceptors (Lipinski definition) is 2. The third-order valence-electron chi connectivity index (χ3n) is 2.81. The smallest absolute Gasteiger partial charge is 0.269 e. The van der Waals surface area contributed by atoms with Gasteiger partial charge in [0.05, 0.1) is 0 Å². The first kappa shape index (κ1) is 13.9. The molecule has 2 N–H and O–H groups in total. The lowest BCUT2D eigenvalue weighted by atomic mass is 10.0. The Kier molecular flexibility index (Phi) is 4.45. The van der Waals surface area contributed by atoms with Gasteiger partial charge in [0, 0.05) is 28.7 Å². The van der Waals surface area contributed by atoms with Crippen LogP contribution in [0.1, 0.15) is 28.9 Å². The maximum absolute atomic E-state index is 11.8. The molecule has 1 aromatic heterocycles. The molecular weight excluding hydrogens is 285 g/mol. The van der Waals surface area contributed by atoms with Crippen molar-refractivity contribution in [1.82, 2.24) is 15.5 Å². The molecule has 1 heterocycles. The zero-order valence-electron chi connectivity index (χ0n) is 10.3. The van der Waals surface area contributed by atoms with Gasteiger partial charge in [0.15, 0.2) is 0 Å². The van der Waals surface area contributed by atoms with Crippen LogP contribution in [0.5, 0.6) is 0 Å². The van der Waals surface area contributed by atoms with E-state index in [2.05, 4.69) is 15.5 Å². The summed E-state index contributed by atoms with van der Waals surface area (Å²) in [6, 6.07) is 6.98. The Hall–Kier alpha value is -1.52. The van der Waals surface area contributed by atoms with Crippen molar-refractivity contribution in [3.8, 4) is 0 Å². The fourth-order valence-corrected chi connectivity index (χ4v) is 2.58. The average Bonchev–Trinajstić information content (AvgIpc) is 2.89. The Labute approximate surface area is 121 Å². The number of H-pyrrole nitrogens is 1. The standard InChI is InChI=1S/C13H13Cl2N3O/c1-8(12-9(14)3-2-4-10(12)15)7-16-13(19)11-5-6-17-18-11/h2-6,8H,7H2,1H3,(H,16,19)(H,17,18). The van der Waals surface area contributed by atoms with Gasteiger partial charge >= 0.3 is 0 Å². The first-order valence-corrected chi connectivity index (χ1v) is 6.56. The summed E-state index contributed by atoms with van der Waals surface area (Å²) in [5, 5.41) is 10.4. The van der Waals surface area contributed by atoms with Gasteiger partial charge in [-0.3, -0.25) is 9.89 Å². The third kappa shape index (κ3) is 3.28. The molecule has 1 atom stereocenters. The van der Waals surface area contributed by atoms with Gasteiger partial charge in [-0.25, -0.2) is 0 Å². The Balaban J connectivity index is 2.02. The summed E-state index contributed by atoms with van der Waals surface area (Å²) in [7, 11) is 0. The predicted octanol–water partition coefficient (Wildman–Crippen LogP) is 3.25. The van der Waals surface area contributed by atoms with Crippen molar-refractivity contribution < 1.29 is 4.79 Å². The molecule has 0 radical (unpaired) electrons. The molecule has 1 unspecified atom stereocenters. The van der Waals surface area contributed by atoms with Gasteiger partial charge in [0.1, 0.15) is 5.69 Å². The highest BCUT2D eigenvalue weighted by Gasteiger charge is 2.15. The second-order valence-corrected chi connectivity index (χ2v) is 5.03. The summed E-state index contributed by atoms with van der Waals surface area (Å²) < 4.78 is 0. The van der Waals surface area contributed by atoms with Crippen LogP contribution in [0, 0.1) is 0 Å². The molecule has 100 valence electrons. The number of aromatic nitrogens is 2. The van der Waals surface area contributed by atoms with Crippen LogP contribution in [-0.4, -0.2) is 22.6 Å². The van der Waals surface area contributed by atoms with Crippen molar-refractivity contribution in [2.75, 3.05) is 6.54 Å². The van der Waals surface area contributed by atoms with Gasteiger partial charge in [-0.2, -0.15) is 5.10 Å². The SMILES string of the molecule is CC(CNC(=O)c1ccn[nH]1)c1c(Cl)cccc1Cl. The van der Waals surface area contributed by atoms with Gasteiger partial charge < -0.3 is 5.32 Å². The van der Waals surface area contributed by atoms with Crippen LogP contribution in [0.3, 0.4) is 0 Å². The quantitative estimate of drug-likeness (QED) is 0.910. The maximum atomic E-state index is 11.8. The lowest BCUT2D eigenvalue weighted by Gasteiger charge is -2.15. The third-order valence-corrected chi connectivity index (χ3v) is 3.47. The van der Waals surface area contributed by atoms with E-state index in [1.54, 1.807) is 24.3 Å². The van der Waals surface area contributed by atoms with E-state index < -0.39 is 0 Å². The molecule has 0 aliphatic heterocycles. The van der Waals surface area contributed by atoms with E-state index >= 15 is 0 Å². The van der Waals surface area contributed by atoms with E-state index in [1.165, 1.54) is 6.20 Å². The Morgan fingerprint density at radius 1 is 1.37 bits per heavy atom. The lowest BCUT2D eigenvalue weighted by Crippen LogP contribution is -2.28. The fraction of sp³-hybridized carbons (Fsp3) is 0.231. The van der Waals surface area contributed by atoms with Crippen molar-refractivity contribution in [1.29, 1.82) is 0 Å². The zero-order valence-corrected chi connectivity index (χ0v) is 11.8. The molecule has 4 nitrogen and oxygen atoms in total. The van der Waals surface area contributed by atoms with Gasteiger partial charge in [0.2, 0.25) is 0 Å². The molecule has 0 saturated heterocycles. The number of amides is 1. The molecule has 1 aromatic carbocycles. The number of benzene rings is 1. The van der Waals surface area contributed by atoms with Crippen LogP contribution >= 0.6 is 23.2 Å². The zero-order chi connectivity index (χ0) is 13.8. The topological polar surface area (TPSA) is 57.8 Å². The molecule has 19 heavy (non-hydrogen) atoms. The highest BCUT2D eigenvalue weighted by Crippen LogP contribution is 2.30. The summed E-state index contributed by atoms with van der Waals surface area (Å²) in [6.45, 7) is 2.40. The van der Waals surface area contributed by atoms with Gasteiger partial charge in [-0.1, -0.05) is 36.2 Å². The molecule has 0 aliphatic rings. The number of nitrogens with one attached hydrogen (secondary N) is 2. The van der Waals surface area contributed by atoms with Crippen molar-refractivity contribution in [2.24, 2.45) is 0 Å². The fourth-order valence-electron chi connectivity index (χ4n) is 1.81. The van der Waals surface area contributed by atoms with Crippen LogP contribution in [-0.2, 0) is 0 Å². The predicted molar refractivity (Wildman–Crippen MR) is 75.8 cm³/mol. The lowest BCUT2D eigenvalue weighted by molar-refractivity contribution is 0.0946. The highest BCUT2D eigenvalue weighted by atomic mass is 35.5. The summed E-state index contributed by atoms with van der Waals surface area (Å²) in [5.41, 5.74) is 1.27. The van der Waals surface area contributed by atoms with E-state index in [1.807, 2.05) is 6.92 Å². The van der Waals surface area contributed by atoms with Crippen molar-refractivity contribution >= 4 is 29.1 Å². The van der Waals surface area contributed by atoms with Gasteiger partial charge in [0.25, 0.3) is 5.91 Å².